The molecule has 2 nitrogen and oxygen atoms in total. The van der Waals surface area contributed by atoms with Crippen molar-refractivity contribution in [1.82, 2.24) is 0 Å². The minimum absolute atomic E-state index is 0.0672. The Morgan fingerprint density at radius 3 is 2.56 bits per heavy atom. The highest BCUT2D eigenvalue weighted by Crippen LogP contribution is 2.59. The topological polar surface area (TPSA) is 18.5 Å². The van der Waals surface area contributed by atoms with Crippen LogP contribution in [0.25, 0.3) is 0 Å². The number of hydrogen-bond acceptors (Lipinski definition) is 2. The predicted octanol–water partition coefficient (Wildman–Crippen LogP) is 3.13. The standard InChI is InChI=1S/C14H22O2/c1-14(2)11-5-4-10(8-11)12(14)9-13-15-6-3-7-16-13/h9-11,13H,3-8H2,1-2H3. The Bertz CT molecular complexity index is 300. The van der Waals surface area contributed by atoms with Gasteiger partial charge < -0.3 is 9.47 Å². The van der Waals surface area contributed by atoms with Gasteiger partial charge in [0.25, 0.3) is 0 Å². The number of ether oxygens (including phenoxy) is 2. The maximum atomic E-state index is 5.64. The van der Waals surface area contributed by atoms with E-state index in [4.69, 9.17) is 9.47 Å². The van der Waals surface area contributed by atoms with Gasteiger partial charge in [-0.05, 0) is 49.0 Å². The largest absolute Gasteiger partial charge is 0.349 e. The highest BCUT2D eigenvalue weighted by atomic mass is 16.7. The van der Waals surface area contributed by atoms with E-state index in [1.165, 1.54) is 19.3 Å². The summed E-state index contributed by atoms with van der Waals surface area (Å²) in [6, 6.07) is 0. The molecule has 3 fully saturated rings. The second kappa shape index (κ2) is 3.85. The SMILES string of the molecule is CC1(C)C(=CC2OCCCO2)C2CCC1C2. The summed E-state index contributed by atoms with van der Waals surface area (Å²) in [4.78, 5) is 0. The zero-order valence-corrected chi connectivity index (χ0v) is 10.4. The second-order valence-corrected chi connectivity index (χ2v) is 6.01. The van der Waals surface area contributed by atoms with Gasteiger partial charge in [0.15, 0.2) is 6.29 Å². The second-order valence-electron chi connectivity index (χ2n) is 6.01. The molecule has 16 heavy (non-hydrogen) atoms. The summed E-state index contributed by atoms with van der Waals surface area (Å²) in [5.74, 6) is 1.71. The van der Waals surface area contributed by atoms with Gasteiger partial charge in [0, 0.05) is 0 Å². The first-order valence-corrected chi connectivity index (χ1v) is 6.63. The third-order valence-corrected chi connectivity index (χ3v) is 4.81. The highest BCUT2D eigenvalue weighted by Gasteiger charge is 2.48. The quantitative estimate of drug-likeness (QED) is 0.635. The molecule has 2 aliphatic carbocycles. The third kappa shape index (κ3) is 1.63. The Morgan fingerprint density at radius 2 is 1.94 bits per heavy atom. The van der Waals surface area contributed by atoms with Crippen molar-refractivity contribution in [2.45, 2.75) is 45.8 Å². The molecule has 2 bridgehead atoms. The molecule has 0 amide bonds. The van der Waals surface area contributed by atoms with Crippen LogP contribution < -0.4 is 0 Å². The molecule has 3 rings (SSSR count). The number of allylic oxidation sites excluding steroid dienone is 1. The van der Waals surface area contributed by atoms with Gasteiger partial charge in [-0.3, -0.25) is 0 Å². The van der Waals surface area contributed by atoms with E-state index < -0.39 is 0 Å². The Kier molecular flexibility index (Phi) is 2.60. The van der Waals surface area contributed by atoms with Gasteiger partial charge >= 0.3 is 0 Å². The summed E-state index contributed by atoms with van der Waals surface area (Å²) in [5, 5.41) is 0. The van der Waals surface area contributed by atoms with Gasteiger partial charge in [0.2, 0.25) is 0 Å². The van der Waals surface area contributed by atoms with Crippen molar-refractivity contribution in [2.75, 3.05) is 13.2 Å². The van der Waals surface area contributed by atoms with Crippen LogP contribution in [-0.2, 0) is 9.47 Å². The van der Waals surface area contributed by atoms with Crippen molar-refractivity contribution in [2.24, 2.45) is 17.3 Å². The lowest BCUT2D eigenvalue weighted by atomic mass is 9.72. The minimum Gasteiger partial charge on any atom is -0.349 e. The molecule has 0 spiro atoms. The highest BCUT2D eigenvalue weighted by molar-refractivity contribution is 5.26. The first-order valence-electron chi connectivity index (χ1n) is 6.63. The van der Waals surface area contributed by atoms with Crippen molar-refractivity contribution in [3.05, 3.63) is 11.6 Å². The number of hydrogen-bond donors (Lipinski definition) is 0. The number of rotatable bonds is 1. The summed E-state index contributed by atoms with van der Waals surface area (Å²) in [6.07, 6.45) is 7.44. The molecule has 0 aromatic carbocycles. The Morgan fingerprint density at radius 1 is 1.19 bits per heavy atom. The van der Waals surface area contributed by atoms with Crippen molar-refractivity contribution >= 4 is 0 Å². The van der Waals surface area contributed by atoms with Crippen LogP contribution in [-0.4, -0.2) is 19.5 Å². The molecule has 90 valence electrons. The smallest absolute Gasteiger partial charge is 0.177 e. The average molecular weight is 222 g/mol. The molecule has 0 aromatic heterocycles. The molecular formula is C14H22O2. The van der Waals surface area contributed by atoms with E-state index in [2.05, 4.69) is 19.9 Å². The lowest BCUT2D eigenvalue weighted by Gasteiger charge is -2.34. The van der Waals surface area contributed by atoms with E-state index in [1.807, 2.05) is 0 Å². The van der Waals surface area contributed by atoms with Crippen LogP contribution in [0.15, 0.2) is 11.6 Å². The molecule has 2 heteroatoms. The Labute approximate surface area is 98.0 Å². The molecule has 1 aliphatic heterocycles. The molecular weight excluding hydrogens is 200 g/mol. The van der Waals surface area contributed by atoms with Crippen molar-refractivity contribution in [3.8, 4) is 0 Å². The fourth-order valence-electron chi connectivity index (χ4n) is 3.78. The molecule has 2 saturated carbocycles. The van der Waals surface area contributed by atoms with Crippen molar-refractivity contribution in [3.63, 3.8) is 0 Å². The third-order valence-electron chi connectivity index (χ3n) is 4.81. The molecule has 3 aliphatic rings. The van der Waals surface area contributed by atoms with Crippen LogP contribution in [0.4, 0.5) is 0 Å². The fraction of sp³-hybridized carbons (Fsp3) is 0.857. The van der Waals surface area contributed by atoms with E-state index in [-0.39, 0.29) is 6.29 Å². The van der Waals surface area contributed by atoms with Crippen molar-refractivity contribution in [1.29, 1.82) is 0 Å². The van der Waals surface area contributed by atoms with E-state index in [0.717, 1.165) is 31.5 Å². The maximum Gasteiger partial charge on any atom is 0.177 e. The number of fused-ring (bicyclic) bond motifs is 2. The summed E-state index contributed by atoms with van der Waals surface area (Å²) in [6.45, 7) is 6.49. The van der Waals surface area contributed by atoms with E-state index in [9.17, 15) is 0 Å². The summed E-state index contributed by atoms with van der Waals surface area (Å²) < 4.78 is 11.3. The van der Waals surface area contributed by atoms with Gasteiger partial charge in [-0.25, -0.2) is 0 Å². The van der Waals surface area contributed by atoms with Crippen LogP contribution >= 0.6 is 0 Å². The van der Waals surface area contributed by atoms with E-state index in [1.54, 1.807) is 5.57 Å². The first-order chi connectivity index (χ1) is 7.68. The summed E-state index contributed by atoms with van der Waals surface area (Å²) in [7, 11) is 0. The van der Waals surface area contributed by atoms with Crippen LogP contribution in [0.3, 0.4) is 0 Å². The van der Waals surface area contributed by atoms with Crippen LogP contribution in [0.5, 0.6) is 0 Å². The first kappa shape index (κ1) is 10.8. The van der Waals surface area contributed by atoms with Crippen LogP contribution in [0.1, 0.15) is 39.5 Å². The molecule has 2 unspecified atom stereocenters. The fourth-order valence-corrected chi connectivity index (χ4v) is 3.78. The van der Waals surface area contributed by atoms with E-state index in [0.29, 0.717) is 5.41 Å². The summed E-state index contributed by atoms with van der Waals surface area (Å²) in [5.41, 5.74) is 1.99. The van der Waals surface area contributed by atoms with Crippen LogP contribution in [0.2, 0.25) is 0 Å². The lowest BCUT2D eigenvalue weighted by molar-refractivity contribution is -0.150. The van der Waals surface area contributed by atoms with Crippen molar-refractivity contribution < 1.29 is 9.47 Å². The zero-order chi connectivity index (χ0) is 11.2. The molecule has 1 saturated heterocycles. The zero-order valence-electron chi connectivity index (χ0n) is 10.4. The Balaban J connectivity index is 1.80. The summed E-state index contributed by atoms with van der Waals surface area (Å²) >= 11 is 0. The average Bonchev–Trinajstić information content (AvgIpc) is 2.83. The Hall–Kier alpha value is -0.340. The van der Waals surface area contributed by atoms with Gasteiger partial charge in [-0.2, -0.15) is 0 Å². The minimum atomic E-state index is -0.0672. The molecule has 1 heterocycles. The predicted molar refractivity (Wildman–Crippen MR) is 63.0 cm³/mol. The van der Waals surface area contributed by atoms with Gasteiger partial charge in [0.1, 0.15) is 0 Å². The van der Waals surface area contributed by atoms with Gasteiger partial charge in [-0.1, -0.05) is 19.4 Å². The van der Waals surface area contributed by atoms with E-state index >= 15 is 0 Å². The normalized spacial score (nSPS) is 40.8. The van der Waals surface area contributed by atoms with Crippen LogP contribution in [0, 0.1) is 17.3 Å². The van der Waals surface area contributed by atoms with Gasteiger partial charge in [0.05, 0.1) is 13.2 Å². The molecule has 2 atom stereocenters. The molecule has 0 N–H and O–H groups in total. The maximum absolute atomic E-state index is 5.64. The molecule has 0 aromatic rings. The monoisotopic (exact) mass is 222 g/mol. The lowest BCUT2D eigenvalue weighted by Crippen LogP contribution is -2.28. The van der Waals surface area contributed by atoms with Gasteiger partial charge in [-0.15, -0.1) is 0 Å². The molecule has 0 radical (unpaired) electrons.